The predicted molar refractivity (Wildman–Crippen MR) is 71.9 cm³/mol. The van der Waals surface area contributed by atoms with Crippen LogP contribution in [0.4, 0.5) is 11.4 Å². The van der Waals surface area contributed by atoms with Gasteiger partial charge in [0.2, 0.25) is 0 Å². The maximum absolute atomic E-state index is 5.91. The SMILES string of the molecule is Cc1c(N)cccc1N(C)Cc1ccccn1. The van der Waals surface area contributed by atoms with Gasteiger partial charge in [0, 0.05) is 24.6 Å². The minimum Gasteiger partial charge on any atom is -0.398 e. The predicted octanol–water partition coefficient (Wildman–Crippen LogP) is 2.61. The first-order chi connectivity index (χ1) is 8.18. The van der Waals surface area contributed by atoms with Crippen LogP contribution in [0, 0.1) is 6.92 Å². The lowest BCUT2D eigenvalue weighted by atomic mass is 10.1. The highest BCUT2D eigenvalue weighted by Crippen LogP contribution is 2.24. The average Bonchev–Trinajstić information content (AvgIpc) is 2.34. The number of nitrogens with two attached hydrogens (primary N) is 1. The molecule has 2 aromatic rings. The van der Waals surface area contributed by atoms with Crippen molar-refractivity contribution < 1.29 is 0 Å². The van der Waals surface area contributed by atoms with Crippen LogP contribution < -0.4 is 10.6 Å². The number of hydrogen-bond acceptors (Lipinski definition) is 3. The van der Waals surface area contributed by atoms with Crippen molar-refractivity contribution in [3.63, 3.8) is 0 Å². The molecule has 17 heavy (non-hydrogen) atoms. The van der Waals surface area contributed by atoms with E-state index in [1.807, 2.05) is 43.5 Å². The first-order valence-electron chi connectivity index (χ1n) is 5.64. The van der Waals surface area contributed by atoms with Gasteiger partial charge in [0.15, 0.2) is 0 Å². The van der Waals surface area contributed by atoms with Crippen molar-refractivity contribution in [3.8, 4) is 0 Å². The molecule has 0 saturated carbocycles. The molecule has 0 aliphatic carbocycles. The van der Waals surface area contributed by atoms with Crippen LogP contribution >= 0.6 is 0 Å². The fourth-order valence-electron chi connectivity index (χ4n) is 1.87. The van der Waals surface area contributed by atoms with Crippen LogP contribution in [0.5, 0.6) is 0 Å². The van der Waals surface area contributed by atoms with Crippen LogP contribution in [0.1, 0.15) is 11.3 Å². The third kappa shape index (κ3) is 2.56. The second kappa shape index (κ2) is 4.87. The molecule has 0 radical (unpaired) electrons. The molecular weight excluding hydrogens is 210 g/mol. The number of aromatic nitrogens is 1. The van der Waals surface area contributed by atoms with Crippen molar-refractivity contribution in [1.29, 1.82) is 0 Å². The molecule has 0 amide bonds. The molecule has 0 saturated heterocycles. The van der Waals surface area contributed by atoms with Crippen molar-refractivity contribution in [2.75, 3.05) is 17.7 Å². The molecule has 0 fully saturated rings. The van der Waals surface area contributed by atoms with Gasteiger partial charge in [-0.15, -0.1) is 0 Å². The summed E-state index contributed by atoms with van der Waals surface area (Å²) in [6.07, 6.45) is 1.81. The van der Waals surface area contributed by atoms with E-state index in [1.165, 1.54) is 0 Å². The molecule has 1 aromatic carbocycles. The van der Waals surface area contributed by atoms with Crippen LogP contribution in [-0.4, -0.2) is 12.0 Å². The molecule has 3 heteroatoms. The molecular formula is C14H17N3. The number of rotatable bonds is 3. The van der Waals surface area contributed by atoms with E-state index in [-0.39, 0.29) is 0 Å². The summed E-state index contributed by atoms with van der Waals surface area (Å²) < 4.78 is 0. The standard InChI is InChI=1S/C14H17N3/c1-11-13(15)7-5-8-14(11)17(2)10-12-6-3-4-9-16-12/h3-9H,10,15H2,1-2H3. The minimum absolute atomic E-state index is 0.783. The number of nitrogens with zero attached hydrogens (tertiary/aromatic N) is 2. The Kier molecular flexibility index (Phi) is 3.28. The smallest absolute Gasteiger partial charge is 0.0598 e. The highest BCUT2D eigenvalue weighted by molar-refractivity contribution is 5.63. The summed E-state index contributed by atoms with van der Waals surface area (Å²) in [6, 6.07) is 11.9. The summed E-state index contributed by atoms with van der Waals surface area (Å²) in [5.41, 5.74) is 10.1. The molecule has 0 aliphatic heterocycles. The van der Waals surface area contributed by atoms with Crippen LogP contribution in [0.25, 0.3) is 0 Å². The lowest BCUT2D eigenvalue weighted by Crippen LogP contribution is -2.18. The Morgan fingerprint density at radius 3 is 2.71 bits per heavy atom. The Balaban J connectivity index is 2.20. The molecule has 2 rings (SSSR count). The van der Waals surface area contributed by atoms with Gasteiger partial charge >= 0.3 is 0 Å². The van der Waals surface area contributed by atoms with Crippen molar-refractivity contribution in [2.24, 2.45) is 0 Å². The van der Waals surface area contributed by atoms with Crippen molar-refractivity contribution in [2.45, 2.75) is 13.5 Å². The molecule has 0 unspecified atom stereocenters. The van der Waals surface area contributed by atoms with Gasteiger partial charge in [-0.1, -0.05) is 12.1 Å². The van der Waals surface area contributed by atoms with Crippen LogP contribution in [0.2, 0.25) is 0 Å². The van der Waals surface area contributed by atoms with E-state index in [9.17, 15) is 0 Å². The average molecular weight is 227 g/mol. The first-order valence-corrected chi connectivity index (χ1v) is 5.64. The summed E-state index contributed by atoms with van der Waals surface area (Å²) in [5.74, 6) is 0. The molecule has 2 N–H and O–H groups in total. The fraction of sp³-hybridized carbons (Fsp3) is 0.214. The van der Waals surface area contributed by atoms with Crippen molar-refractivity contribution in [1.82, 2.24) is 4.98 Å². The molecule has 0 bridgehead atoms. The lowest BCUT2D eigenvalue weighted by Gasteiger charge is -2.21. The van der Waals surface area contributed by atoms with Crippen LogP contribution in [0.3, 0.4) is 0 Å². The maximum Gasteiger partial charge on any atom is 0.0598 e. The van der Waals surface area contributed by atoms with Crippen molar-refractivity contribution in [3.05, 3.63) is 53.9 Å². The quantitative estimate of drug-likeness (QED) is 0.819. The zero-order valence-corrected chi connectivity index (χ0v) is 10.2. The molecule has 3 nitrogen and oxygen atoms in total. The fourth-order valence-corrected chi connectivity index (χ4v) is 1.87. The van der Waals surface area contributed by atoms with Crippen LogP contribution in [-0.2, 0) is 6.54 Å². The van der Waals surface area contributed by atoms with E-state index in [0.717, 1.165) is 29.2 Å². The number of benzene rings is 1. The topological polar surface area (TPSA) is 42.1 Å². The Morgan fingerprint density at radius 1 is 1.18 bits per heavy atom. The highest BCUT2D eigenvalue weighted by atomic mass is 15.1. The van der Waals surface area contributed by atoms with E-state index in [1.54, 1.807) is 0 Å². The molecule has 0 spiro atoms. The normalized spacial score (nSPS) is 10.2. The van der Waals surface area contributed by atoms with E-state index in [2.05, 4.69) is 23.0 Å². The van der Waals surface area contributed by atoms with Crippen LogP contribution in [0.15, 0.2) is 42.6 Å². The van der Waals surface area contributed by atoms with Gasteiger partial charge in [0.05, 0.1) is 12.2 Å². The van der Waals surface area contributed by atoms with Gasteiger partial charge in [-0.25, -0.2) is 0 Å². The zero-order chi connectivity index (χ0) is 12.3. The minimum atomic E-state index is 0.783. The first kappa shape index (κ1) is 11.5. The molecule has 1 aromatic heterocycles. The van der Waals surface area contributed by atoms with Gasteiger partial charge in [-0.2, -0.15) is 0 Å². The van der Waals surface area contributed by atoms with E-state index in [0.29, 0.717) is 0 Å². The Bertz CT molecular complexity index is 494. The van der Waals surface area contributed by atoms with Gasteiger partial charge in [-0.3, -0.25) is 4.98 Å². The van der Waals surface area contributed by atoms with Gasteiger partial charge in [0.1, 0.15) is 0 Å². The number of hydrogen-bond donors (Lipinski definition) is 1. The lowest BCUT2D eigenvalue weighted by molar-refractivity contribution is 0.881. The van der Waals surface area contributed by atoms with E-state index in [4.69, 9.17) is 5.73 Å². The Hall–Kier alpha value is -2.03. The second-order valence-electron chi connectivity index (χ2n) is 4.17. The third-order valence-corrected chi connectivity index (χ3v) is 2.88. The second-order valence-corrected chi connectivity index (χ2v) is 4.17. The largest absolute Gasteiger partial charge is 0.398 e. The molecule has 0 aliphatic rings. The highest BCUT2D eigenvalue weighted by Gasteiger charge is 2.07. The van der Waals surface area contributed by atoms with E-state index >= 15 is 0 Å². The molecule has 1 heterocycles. The maximum atomic E-state index is 5.91. The summed E-state index contributed by atoms with van der Waals surface area (Å²) >= 11 is 0. The number of anilines is 2. The third-order valence-electron chi connectivity index (χ3n) is 2.88. The van der Waals surface area contributed by atoms with Gasteiger partial charge < -0.3 is 10.6 Å². The number of nitrogen functional groups attached to an aromatic ring is 1. The Labute approximate surface area is 102 Å². The van der Waals surface area contributed by atoms with Gasteiger partial charge in [-0.05, 0) is 36.8 Å². The summed E-state index contributed by atoms with van der Waals surface area (Å²) in [7, 11) is 2.05. The summed E-state index contributed by atoms with van der Waals surface area (Å²) in [5, 5.41) is 0. The zero-order valence-electron chi connectivity index (χ0n) is 10.2. The van der Waals surface area contributed by atoms with E-state index < -0.39 is 0 Å². The summed E-state index contributed by atoms with van der Waals surface area (Å²) in [6.45, 7) is 2.82. The Morgan fingerprint density at radius 2 is 2.00 bits per heavy atom. The van der Waals surface area contributed by atoms with Gasteiger partial charge in [0.25, 0.3) is 0 Å². The monoisotopic (exact) mass is 227 g/mol. The molecule has 0 atom stereocenters. The van der Waals surface area contributed by atoms with Crippen molar-refractivity contribution >= 4 is 11.4 Å². The summed E-state index contributed by atoms with van der Waals surface area (Å²) in [4.78, 5) is 6.48. The molecule has 88 valence electrons. The number of pyridine rings is 1.